The lowest BCUT2D eigenvalue weighted by Crippen LogP contribution is -2.30. The van der Waals surface area contributed by atoms with Crippen molar-refractivity contribution in [1.82, 2.24) is 5.32 Å². The van der Waals surface area contributed by atoms with Crippen LogP contribution >= 0.6 is 0 Å². The molecule has 0 aromatic rings. The zero-order chi connectivity index (χ0) is 11.3. The predicted octanol–water partition coefficient (Wildman–Crippen LogP) is 3.69. The van der Waals surface area contributed by atoms with E-state index in [0.29, 0.717) is 0 Å². The number of rotatable bonds is 5. The molecule has 1 unspecified atom stereocenters. The second-order valence-electron chi connectivity index (χ2n) is 6.01. The smallest absolute Gasteiger partial charge is 0.00204 e. The second-order valence-corrected chi connectivity index (χ2v) is 6.01. The van der Waals surface area contributed by atoms with E-state index in [2.05, 4.69) is 33.0 Å². The fourth-order valence-electron chi connectivity index (χ4n) is 2.28. The van der Waals surface area contributed by atoms with Gasteiger partial charge in [0.2, 0.25) is 0 Å². The van der Waals surface area contributed by atoms with Crippen LogP contribution < -0.4 is 5.32 Å². The van der Waals surface area contributed by atoms with Crippen molar-refractivity contribution in [2.75, 3.05) is 13.1 Å². The Balaban J connectivity index is 2.05. The van der Waals surface area contributed by atoms with Crippen LogP contribution in [0.5, 0.6) is 0 Å². The van der Waals surface area contributed by atoms with E-state index >= 15 is 0 Å². The molecule has 0 amide bonds. The molecule has 1 atom stereocenters. The summed E-state index contributed by atoms with van der Waals surface area (Å²) in [5, 5.41) is 3.65. The molecular weight excluding hydrogens is 182 g/mol. The summed E-state index contributed by atoms with van der Waals surface area (Å²) >= 11 is 0. The largest absolute Gasteiger partial charge is 0.316 e. The Hall–Kier alpha value is -0.0400. The molecule has 0 aromatic heterocycles. The van der Waals surface area contributed by atoms with Crippen molar-refractivity contribution in [3.05, 3.63) is 0 Å². The third kappa shape index (κ3) is 5.01. The van der Waals surface area contributed by atoms with Crippen LogP contribution in [0.15, 0.2) is 0 Å². The topological polar surface area (TPSA) is 12.0 Å². The van der Waals surface area contributed by atoms with Gasteiger partial charge in [0.15, 0.2) is 0 Å². The van der Waals surface area contributed by atoms with Crippen LogP contribution in [0.25, 0.3) is 0 Å². The first kappa shape index (κ1) is 13.0. The fourth-order valence-corrected chi connectivity index (χ4v) is 2.28. The van der Waals surface area contributed by atoms with Gasteiger partial charge < -0.3 is 5.32 Å². The van der Waals surface area contributed by atoms with Crippen molar-refractivity contribution in [3.63, 3.8) is 0 Å². The Morgan fingerprint density at radius 3 is 2.20 bits per heavy atom. The van der Waals surface area contributed by atoms with Gasteiger partial charge in [0.25, 0.3) is 0 Å². The average molecular weight is 211 g/mol. The third-order valence-corrected chi connectivity index (χ3v) is 4.17. The standard InChI is InChI=1S/C14H29N/c1-11(2)13(4)9-15-10-14-7-5-12(3)6-8-14/h11-15H,5-10H2,1-4H3. The molecule has 0 aromatic carbocycles. The van der Waals surface area contributed by atoms with Crippen molar-refractivity contribution >= 4 is 0 Å². The molecule has 1 aliphatic carbocycles. The van der Waals surface area contributed by atoms with Gasteiger partial charge in [-0.3, -0.25) is 0 Å². The highest BCUT2D eigenvalue weighted by Gasteiger charge is 2.17. The minimum Gasteiger partial charge on any atom is -0.316 e. The molecule has 1 nitrogen and oxygen atoms in total. The maximum atomic E-state index is 3.65. The Morgan fingerprint density at radius 2 is 1.67 bits per heavy atom. The van der Waals surface area contributed by atoms with Gasteiger partial charge in [0.1, 0.15) is 0 Å². The molecule has 1 rings (SSSR count). The van der Waals surface area contributed by atoms with Gasteiger partial charge in [-0.1, -0.05) is 40.5 Å². The van der Waals surface area contributed by atoms with Crippen LogP contribution in [0.2, 0.25) is 0 Å². The minimum atomic E-state index is 0.809. The Morgan fingerprint density at radius 1 is 1.07 bits per heavy atom. The second kappa shape index (κ2) is 6.52. The summed E-state index contributed by atoms with van der Waals surface area (Å²) in [5.41, 5.74) is 0. The van der Waals surface area contributed by atoms with E-state index in [1.54, 1.807) is 0 Å². The van der Waals surface area contributed by atoms with Crippen molar-refractivity contribution in [2.24, 2.45) is 23.7 Å². The van der Waals surface area contributed by atoms with E-state index in [1.807, 2.05) is 0 Å². The first-order chi connectivity index (χ1) is 7.09. The van der Waals surface area contributed by atoms with E-state index < -0.39 is 0 Å². The summed E-state index contributed by atoms with van der Waals surface area (Å²) in [6, 6.07) is 0. The van der Waals surface area contributed by atoms with Gasteiger partial charge in [0, 0.05) is 0 Å². The van der Waals surface area contributed by atoms with Crippen molar-refractivity contribution in [1.29, 1.82) is 0 Å². The molecule has 15 heavy (non-hydrogen) atoms. The molecule has 0 aliphatic heterocycles. The molecule has 0 spiro atoms. The van der Waals surface area contributed by atoms with Crippen molar-refractivity contribution in [3.8, 4) is 0 Å². The summed E-state index contributed by atoms with van der Waals surface area (Å²) in [5.74, 6) is 3.56. The first-order valence-corrected chi connectivity index (χ1v) is 6.80. The van der Waals surface area contributed by atoms with Crippen LogP contribution in [0.1, 0.15) is 53.4 Å². The average Bonchev–Trinajstić information content (AvgIpc) is 2.20. The maximum Gasteiger partial charge on any atom is -0.00204 e. The quantitative estimate of drug-likeness (QED) is 0.731. The predicted molar refractivity (Wildman–Crippen MR) is 68.0 cm³/mol. The van der Waals surface area contributed by atoms with Gasteiger partial charge in [-0.15, -0.1) is 0 Å². The van der Waals surface area contributed by atoms with Gasteiger partial charge in [0.05, 0.1) is 0 Å². The van der Waals surface area contributed by atoms with E-state index in [-0.39, 0.29) is 0 Å². The van der Waals surface area contributed by atoms with E-state index in [4.69, 9.17) is 0 Å². The Labute approximate surface area is 96.0 Å². The summed E-state index contributed by atoms with van der Waals surface area (Å²) < 4.78 is 0. The molecule has 1 saturated carbocycles. The molecule has 1 heteroatoms. The number of hydrogen-bond acceptors (Lipinski definition) is 1. The number of hydrogen-bond donors (Lipinski definition) is 1. The molecule has 90 valence electrons. The van der Waals surface area contributed by atoms with Crippen LogP contribution in [0, 0.1) is 23.7 Å². The van der Waals surface area contributed by atoms with Crippen molar-refractivity contribution < 1.29 is 0 Å². The van der Waals surface area contributed by atoms with Crippen molar-refractivity contribution in [2.45, 2.75) is 53.4 Å². The summed E-state index contributed by atoms with van der Waals surface area (Å²) in [4.78, 5) is 0. The highest BCUT2D eigenvalue weighted by Crippen LogP contribution is 2.27. The van der Waals surface area contributed by atoms with Crippen LogP contribution in [-0.2, 0) is 0 Å². The summed E-state index contributed by atoms with van der Waals surface area (Å²) in [6.07, 6.45) is 5.80. The zero-order valence-corrected chi connectivity index (χ0v) is 11.1. The van der Waals surface area contributed by atoms with E-state index in [9.17, 15) is 0 Å². The van der Waals surface area contributed by atoms with Gasteiger partial charge in [-0.2, -0.15) is 0 Å². The zero-order valence-electron chi connectivity index (χ0n) is 11.1. The lowest BCUT2D eigenvalue weighted by Gasteiger charge is -2.27. The molecule has 1 N–H and O–H groups in total. The number of nitrogens with one attached hydrogen (secondary N) is 1. The van der Waals surface area contributed by atoms with Gasteiger partial charge >= 0.3 is 0 Å². The highest BCUT2D eigenvalue weighted by atomic mass is 14.9. The Kier molecular flexibility index (Phi) is 5.66. The molecule has 1 aliphatic rings. The third-order valence-electron chi connectivity index (χ3n) is 4.17. The SMILES string of the molecule is CC1CCC(CNCC(C)C(C)C)CC1. The first-order valence-electron chi connectivity index (χ1n) is 6.80. The summed E-state index contributed by atoms with van der Waals surface area (Å²) in [7, 11) is 0. The van der Waals surface area contributed by atoms with Gasteiger partial charge in [-0.25, -0.2) is 0 Å². The lowest BCUT2D eigenvalue weighted by molar-refractivity contribution is 0.273. The minimum absolute atomic E-state index is 0.809. The Bertz CT molecular complexity index is 157. The normalized spacial score (nSPS) is 29.4. The maximum absolute atomic E-state index is 3.65. The molecule has 0 bridgehead atoms. The van der Waals surface area contributed by atoms with Crippen LogP contribution in [-0.4, -0.2) is 13.1 Å². The molecule has 0 heterocycles. The monoisotopic (exact) mass is 211 g/mol. The lowest BCUT2D eigenvalue weighted by atomic mass is 9.83. The molecule has 0 radical (unpaired) electrons. The summed E-state index contributed by atoms with van der Waals surface area (Å²) in [6.45, 7) is 11.8. The highest BCUT2D eigenvalue weighted by molar-refractivity contribution is 4.72. The van der Waals surface area contributed by atoms with E-state index in [0.717, 1.165) is 23.7 Å². The molecule has 0 saturated heterocycles. The van der Waals surface area contributed by atoms with E-state index in [1.165, 1.54) is 38.8 Å². The molecular formula is C14H29N. The van der Waals surface area contributed by atoms with Crippen LogP contribution in [0.3, 0.4) is 0 Å². The van der Waals surface area contributed by atoms with Crippen LogP contribution in [0.4, 0.5) is 0 Å². The van der Waals surface area contributed by atoms with Gasteiger partial charge in [-0.05, 0) is 49.6 Å². The molecule has 1 fully saturated rings. The fraction of sp³-hybridized carbons (Fsp3) is 1.00.